The van der Waals surface area contributed by atoms with Gasteiger partial charge in [-0.3, -0.25) is 0 Å². The maximum Gasteiger partial charge on any atom is 0.125 e. The van der Waals surface area contributed by atoms with Gasteiger partial charge in [-0.1, -0.05) is 31.5 Å². The van der Waals surface area contributed by atoms with E-state index >= 15 is 0 Å². The predicted octanol–water partition coefficient (Wildman–Crippen LogP) is 3.85. The molecule has 21 heavy (non-hydrogen) atoms. The van der Waals surface area contributed by atoms with Crippen molar-refractivity contribution in [3.05, 3.63) is 58.1 Å². The van der Waals surface area contributed by atoms with Gasteiger partial charge in [-0.2, -0.15) is 0 Å². The van der Waals surface area contributed by atoms with E-state index < -0.39 is 0 Å². The zero-order chi connectivity index (χ0) is 15.0. The van der Waals surface area contributed by atoms with Gasteiger partial charge in [0.1, 0.15) is 5.82 Å². The lowest BCUT2D eigenvalue weighted by molar-refractivity contribution is 0.267. The molecule has 0 saturated carbocycles. The molecule has 0 fully saturated rings. The molecule has 0 amide bonds. The van der Waals surface area contributed by atoms with Crippen molar-refractivity contribution in [1.29, 1.82) is 0 Å². The van der Waals surface area contributed by atoms with Crippen molar-refractivity contribution < 1.29 is 0 Å². The van der Waals surface area contributed by atoms with Crippen LogP contribution in [-0.4, -0.2) is 9.97 Å². The molecule has 110 valence electrons. The molecule has 1 unspecified atom stereocenters. The zero-order valence-electron chi connectivity index (χ0n) is 12.7. The highest BCUT2D eigenvalue weighted by atomic mass is 35.5. The van der Waals surface area contributed by atoms with E-state index in [1.807, 2.05) is 25.3 Å². The monoisotopic (exact) mass is 301 g/mol. The van der Waals surface area contributed by atoms with Gasteiger partial charge in [0.15, 0.2) is 0 Å². The fourth-order valence-corrected chi connectivity index (χ4v) is 3.39. The lowest BCUT2D eigenvalue weighted by Crippen LogP contribution is -2.31. The number of aromatic nitrogens is 2. The molecule has 4 heteroatoms. The van der Waals surface area contributed by atoms with Crippen LogP contribution in [-0.2, 0) is 13.0 Å². The van der Waals surface area contributed by atoms with E-state index in [1.54, 1.807) is 0 Å². The average molecular weight is 302 g/mol. The SMILES string of the molecule is Cc1nccc(CNC2c3cc(Cl)ccc3CC2(C)C)n1. The molecule has 3 rings (SSSR count). The number of benzene rings is 1. The number of rotatable bonds is 3. The number of fused-ring (bicyclic) bond motifs is 1. The average Bonchev–Trinajstić information content (AvgIpc) is 2.66. The van der Waals surface area contributed by atoms with Crippen molar-refractivity contribution in [2.24, 2.45) is 5.41 Å². The number of halogens is 1. The van der Waals surface area contributed by atoms with Crippen LogP contribution in [0, 0.1) is 12.3 Å². The zero-order valence-corrected chi connectivity index (χ0v) is 13.4. The Hall–Kier alpha value is -1.45. The van der Waals surface area contributed by atoms with Crippen LogP contribution in [0.25, 0.3) is 0 Å². The van der Waals surface area contributed by atoms with Gasteiger partial charge in [0.25, 0.3) is 0 Å². The molecule has 1 N–H and O–H groups in total. The van der Waals surface area contributed by atoms with Gasteiger partial charge >= 0.3 is 0 Å². The first-order valence-electron chi connectivity index (χ1n) is 7.26. The summed E-state index contributed by atoms with van der Waals surface area (Å²) in [4.78, 5) is 8.60. The Labute approximate surface area is 130 Å². The minimum absolute atomic E-state index is 0.176. The van der Waals surface area contributed by atoms with E-state index in [2.05, 4.69) is 41.3 Å². The molecule has 3 nitrogen and oxygen atoms in total. The molecule has 0 radical (unpaired) electrons. The first-order chi connectivity index (χ1) is 9.95. The van der Waals surface area contributed by atoms with E-state index in [1.165, 1.54) is 11.1 Å². The van der Waals surface area contributed by atoms with Crippen molar-refractivity contribution in [2.75, 3.05) is 0 Å². The summed E-state index contributed by atoms with van der Waals surface area (Å²) in [7, 11) is 0. The third-order valence-electron chi connectivity index (χ3n) is 4.17. The van der Waals surface area contributed by atoms with Gasteiger partial charge < -0.3 is 5.32 Å². The fraction of sp³-hybridized carbons (Fsp3) is 0.412. The molecule has 1 atom stereocenters. The Morgan fingerprint density at radius 2 is 2.14 bits per heavy atom. The molecule has 1 aliphatic carbocycles. The van der Waals surface area contributed by atoms with Gasteiger partial charge in [-0.25, -0.2) is 9.97 Å². The summed E-state index contributed by atoms with van der Waals surface area (Å²) in [6, 6.07) is 8.47. The van der Waals surface area contributed by atoms with E-state index in [-0.39, 0.29) is 5.41 Å². The predicted molar refractivity (Wildman–Crippen MR) is 85.3 cm³/mol. The van der Waals surface area contributed by atoms with Gasteiger partial charge in [-0.05, 0) is 48.1 Å². The third-order valence-corrected chi connectivity index (χ3v) is 4.40. The van der Waals surface area contributed by atoms with Crippen LogP contribution in [0.3, 0.4) is 0 Å². The highest BCUT2D eigenvalue weighted by Gasteiger charge is 2.38. The lowest BCUT2D eigenvalue weighted by atomic mass is 9.85. The van der Waals surface area contributed by atoms with E-state index in [0.717, 1.165) is 29.5 Å². The second kappa shape index (κ2) is 5.39. The normalized spacial score (nSPS) is 19.5. The molecule has 1 aromatic carbocycles. The molecule has 1 aliphatic rings. The summed E-state index contributed by atoms with van der Waals surface area (Å²) in [6.45, 7) is 7.25. The number of aryl methyl sites for hydroxylation is 1. The summed E-state index contributed by atoms with van der Waals surface area (Å²) in [5.74, 6) is 0.809. The minimum atomic E-state index is 0.176. The van der Waals surface area contributed by atoms with Crippen LogP contribution in [0.2, 0.25) is 5.02 Å². The van der Waals surface area contributed by atoms with Crippen molar-refractivity contribution in [3.63, 3.8) is 0 Å². The molecular formula is C17H20ClN3. The summed E-state index contributed by atoms with van der Waals surface area (Å²) in [6.07, 6.45) is 2.88. The van der Waals surface area contributed by atoms with E-state index in [9.17, 15) is 0 Å². The highest BCUT2D eigenvalue weighted by molar-refractivity contribution is 6.30. The quantitative estimate of drug-likeness (QED) is 0.935. The second-order valence-electron chi connectivity index (χ2n) is 6.42. The molecule has 1 aromatic heterocycles. The maximum absolute atomic E-state index is 6.17. The Kier molecular flexibility index (Phi) is 3.72. The highest BCUT2D eigenvalue weighted by Crippen LogP contribution is 2.45. The van der Waals surface area contributed by atoms with Crippen molar-refractivity contribution in [1.82, 2.24) is 15.3 Å². The summed E-state index contributed by atoms with van der Waals surface area (Å²) >= 11 is 6.17. The molecular weight excluding hydrogens is 282 g/mol. The fourth-order valence-electron chi connectivity index (χ4n) is 3.21. The van der Waals surface area contributed by atoms with Crippen molar-refractivity contribution in [3.8, 4) is 0 Å². The van der Waals surface area contributed by atoms with Gasteiger partial charge in [0.2, 0.25) is 0 Å². The molecule has 1 heterocycles. The number of hydrogen-bond acceptors (Lipinski definition) is 3. The largest absolute Gasteiger partial charge is 0.304 e. The molecule has 0 saturated heterocycles. The molecule has 0 spiro atoms. The van der Waals surface area contributed by atoms with Crippen molar-refractivity contribution >= 4 is 11.6 Å². The van der Waals surface area contributed by atoms with Crippen LogP contribution < -0.4 is 5.32 Å². The topological polar surface area (TPSA) is 37.8 Å². The van der Waals surface area contributed by atoms with Crippen LogP contribution in [0.5, 0.6) is 0 Å². The van der Waals surface area contributed by atoms with Gasteiger partial charge in [0, 0.05) is 23.8 Å². The first kappa shape index (κ1) is 14.5. The number of hydrogen-bond donors (Lipinski definition) is 1. The van der Waals surface area contributed by atoms with Gasteiger partial charge in [0.05, 0.1) is 5.69 Å². The maximum atomic E-state index is 6.17. The Balaban J connectivity index is 1.83. The van der Waals surface area contributed by atoms with Crippen molar-refractivity contribution in [2.45, 2.75) is 39.8 Å². The van der Waals surface area contributed by atoms with Crippen LogP contribution in [0.15, 0.2) is 30.5 Å². The first-order valence-corrected chi connectivity index (χ1v) is 7.64. The Morgan fingerprint density at radius 3 is 2.90 bits per heavy atom. The second-order valence-corrected chi connectivity index (χ2v) is 6.85. The standard InChI is InChI=1S/C17H20ClN3/c1-11-19-7-6-14(21-11)10-20-16-15-8-13(18)5-4-12(15)9-17(16,2)3/h4-8,16,20H,9-10H2,1-3H3. The molecule has 2 aromatic rings. The Bertz CT molecular complexity index is 667. The summed E-state index contributed by atoms with van der Waals surface area (Å²) in [5, 5.41) is 4.45. The lowest BCUT2D eigenvalue weighted by Gasteiger charge is -2.28. The van der Waals surface area contributed by atoms with Gasteiger partial charge in [-0.15, -0.1) is 0 Å². The van der Waals surface area contributed by atoms with Crippen LogP contribution in [0.1, 0.15) is 42.5 Å². The summed E-state index contributed by atoms with van der Waals surface area (Å²) < 4.78 is 0. The molecule has 0 aliphatic heterocycles. The smallest absolute Gasteiger partial charge is 0.125 e. The third kappa shape index (κ3) is 2.94. The van der Waals surface area contributed by atoms with Crippen LogP contribution in [0.4, 0.5) is 0 Å². The van der Waals surface area contributed by atoms with E-state index in [4.69, 9.17) is 11.6 Å². The number of nitrogens with one attached hydrogen (secondary N) is 1. The minimum Gasteiger partial charge on any atom is -0.304 e. The summed E-state index contributed by atoms with van der Waals surface area (Å²) in [5.41, 5.74) is 3.91. The number of nitrogens with zero attached hydrogens (tertiary/aromatic N) is 2. The molecule has 0 bridgehead atoms. The Morgan fingerprint density at radius 1 is 1.33 bits per heavy atom. The van der Waals surface area contributed by atoms with E-state index in [0.29, 0.717) is 6.04 Å². The van der Waals surface area contributed by atoms with Crippen LogP contribution >= 0.6 is 11.6 Å².